The summed E-state index contributed by atoms with van der Waals surface area (Å²) in [5, 5.41) is 9.40. The minimum Gasteiger partial charge on any atom is -0.362 e. The number of rotatable bonds is 8. The molecule has 25 heavy (non-hydrogen) atoms. The molecule has 0 saturated heterocycles. The number of anilines is 1. The lowest BCUT2D eigenvalue weighted by molar-refractivity contribution is -0.122. The maximum atomic E-state index is 11.6. The molecule has 1 aliphatic rings. The number of hydrogen-bond acceptors (Lipinski definition) is 4. The largest absolute Gasteiger partial charge is 0.362 e. The molecule has 0 unspecified atom stereocenters. The van der Waals surface area contributed by atoms with Crippen molar-refractivity contribution >= 4 is 41.7 Å². The topological polar surface area (TPSA) is 81.7 Å². The monoisotopic (exact) mass is 460 g/mol. The van der Waals surface area contributed by atoms with Gasteiger partial charge in [0.05, 0.1) is 6.54 Å². The smallest absolute Gasteiger partial charge is 0.223 e. The number of nitrogens with zero attached hydrogens (tertiary/aromatic N) is 3. The number of amides is 1. The second-order valence-electron chi connectivity index (χ2n) is 6.07. The molecule has 140 valence electrons. The van der Waals surface area contributed by atoms with Crippen LogP contribution in [0.2, 0.25) is 0 Å². The van der Waals surface area contributed by atoms with Gasteiger partial charge < -0.3 is 20.9 Å². The Morgan fingerprint density at radius 1 is 1.28 bits per heavy atom. The van der Waals surface area contributed by atoms with Crippen LogP contribution in [0.3, 0.4) is 0 Å². The van der Waals surface area contributed by atoms with Crippen LogP contribution < -0.4 is 20.9 Å². The van der Waals surface area contributed by atoms with Gasteiger partial charge in [0.1, 0.15) is 5.82 Å². The number of hydrogen-bond donors (Lipinski definition) is 3. The van der Waals surface area contributed by atoms with E-state index in [0.717, 1.165) is 36.7 Å². The molecule has 0 aliphatic heterocycles. The first-order valence-corrected chi connectivity index (χ1v) is 8.53. The molecule has 0 aromatic carbocycles. The fraction of sp³-hybridized carbons (Fsp3) is 0.588. The lowest BCUT2D eigenvalue weighted by Gasteiger charge is -2.15. The Morgan fingerprint density at radius 2 is 2.00 bits per heavy atom. The molecule has 0 bridgehead atoms. The van der Waals surface area contributed by atoms with Crippen molar-refractivity contribution in [2.45, 2.75) is 26.3 Å². The minimum absolute atomic E-state index is 0. The summed E-state index contributed by atoms with van der Waals surface area (Å²) in [6.45, 7) is 4.62. The molecular formula is C17H29IN6O. The van der Waals surface area contributed by atoms with Crippen molar-refractivity contribution in [3.63, 3.8) is 0 Å². The van der Waals surface area contributed by atoms with Crippen molar-refractivity contribution in [1.29, 1.82) is 0 Å². The molecule has 7 nitrogen and oxygen atoms in total. The van der Waals surface area contributed by atoms with E-state index in [4.69, 9.17) is 0 Å². The van der Waals surface area contributed by atoms with Crippen LogP contribution in [-0.2, 0) is 11.3 Å². The first-order valence-electron chi connectivity index (χ1n) is 8.53. The number of carbonyl (C=O) groups is 1. The highest BCUT2D eigenvalue weighted by atomic mass is 127. The number of halogens is 1. The molecule has 2 rings (SSSR count). The summed E-state index contributed by atoms with van der Waals surface area (Å²) in [7, 11) is 3.95. The summed E-state index contributed by atoms with van der Waals surface area (Å²) >= 11 is 0. The van der Waals surface area contributed by atoms with E-state index in [-0.39, 0.29) is 35.8 Å². The third kappa shape index (κ3) is 7.45. The fourth-order valence-electron chi connectivity index (χ4n) is 2.32. The van der Waals surface area contributed by atoms with Crippen molar-refractivity contribution < 1.29 is 4.79 Å². The first kappa shape index (κ1) is 21.5. The third-order valence-electron chi connectivity index (χ3n) is 3.71. The highest BCUT2D eigenvalue weighted by Gasteiger charge is 2.28. The number of nitrogens with one attached hydrogen (secondary N) is 3. The van der Waals surface area contributed by atoms with Gasteiger partial charge in [0.15, 0.2) is 5.96 Å². The summed E-state index contributed by atoms with van der Waals surface area (Å²) < 4.78 is 0. The van der Waals surface area contributed by atoms with Gasteiger partial charge in [0, 0.05) is 51.4 Å². The van der Waals surface area contributed by atoms with Crippen molar-refractivity contribution in [1.82, 2.24) is 20.9 Å². The Labute approximate surface area is 167 Å². The van der Waals surface area contributed by atoms with Crippen molar-refractivity contribution in [2.75, 3.05) is 38.6 Å². The molecule has 1 amide bonds. The second-order valence-corrected chi connectivity index (χ2v) is 6.07. The highest BCUT2D eigenvalue weighted by molar-refractivity contribution is 14.0. The van der Waals surface area contributed by atoms with Gasteiger partial charge >= 0.3 is 0 Å². The molecule has 8 heteroatoms. The molecule has 0 atom stereocenters. The Bertz CT molecular complexity index is 574. The van der Waals surface area contributed by atoms with Gasteiger partial charge in [-0.15, -0.1) is 24.0 Å². The molecule has 1 aromatic heterocycles. The van der Waals surface area contributed by atoms with Crippen LogP contribution in [0.15, 0.2) is 23.3 Å². The fourth-order valence-corrected chi connectivity index (χ4v) is 2.32. The van der Waals surface area contributed by atoms with Gasteiger partial charge in [-0.05, 0) is 25.8 Å². The Hall–Kier alpha value is -1.58. The summed E-state index contributed by atoms with van der Waals surface area (Å²) in [6.07, 6.45) is 3.85. The molecule has 0 radical (unpaired) electrons. The number of carbonyl (C=O) groups excluding carboxylic acids is 1. The average Bonchev–Trinajstić information content (AvgIpc) is 3.41. The zero-order valence-electron chi connectivity index (χ0n) is 15.2. The van der Waals surface area contributed by atoms with Crippen LogP contribution in [0.5, 0.6) is 0 Å². The van der Waals surface area contributed by atoms with E-state index in [2.05, 4.69) is 25.9 Å². The summed E-state index contributed by atoms with van der Waals surface area (Å²) in [4.78, 5) is 22.6. The lowest BCUT2D eigenvalue weighted by Crippen LogP contribution is -2.41. The lowest BCUT2D eigenvalue weighted by atomic mass is 10.2. The van der Waals surface area contributed by atoms with E-state index in [0.29, 0.717) is 19.6 Å². The number of guanidine groups is 1. The molecular weight excluding hydrogens is 431 g/mol. The Morgan fingerprint density at radius 3 is 2.64 bits per heavy atom. The van der Waals surface area contributed by atoms with E-state index < -0.39 is 0 Å². The standard InChI is InChI=1S/C17H28N6O.HI/c1-4-18-17(21-11-10-20-16(24)13-7-8-13)22-12-14-6-5-9-19-15(14)23(2)3;/h5-6,9,13H,4,7-8,10-12H2,1-3H3,(H,20,24)(H2,18,21,22);1H. The zero-order valence-corrected chi connectivity index (χ0v) is 17.5. The predicted molar refractivity (Wildman–Crippen MR) is 113 cm³/mol. The second kappa shape index (κ2) is 11.1. The maximum absolute atomic E-state index is 11.6. The summed E-state index contributed by atoms with van der Waals surface area (Å²) in [6, 6.07) is 3.96. The van der Waals surface area contributed by atoms with Crippen LogP contribution in [0, 0.1) is 5.92 Å². The van der Waals surface area contributed by atoms with Crippen LogP contribution in [0.1, 0.15) is 25.3 Å². The quantitative estimate of drug-likeness (QED) is 0.236. The van der Waals surface area contributed by atoms with Crippen molar-refractivity contribution in [3.05, 3.63) is 23.9 Å². The SMILES string of the molecule is CCNC(=NCc1cccnc1N(C)C)NCCNC(=O)C1CC1.I. The number of aromatic nitrogens is 1. The molecule has 3 N–H and O–H groups in total. The first-order chi connectivity index (χ1) is 11.6. The van der Waals surface area contributed by atoms with Gasteiger partial charge in [0.25, 0.3) is 0 Å². The van der Waals surface area contributed by atoms with E-state index in [9.17, 15) is 4.79 Å². The van der Waals surface area contributed by atoms with Gasteiger partial charge in [0.2, 0.25) is 5.91 Å². The van der Waals surface area contributed by atoms with E-state index in [1.54, 1.807) is 6.20 Å². The van der Waals surface area contributed by atoms with Gasteiger partial charge in [-0.2, -0.15) is 0 Å². The molecule has 1 saturated carbocycles. The van der Waals surface area contributed by atoms with E-state index in [1.165, 1.54) is 0 Å². The summed E-state index contributed by atoms with van der Waals surface area (Å²) in [5.74, 6) is 2.09. The molecule has 1 aromatic rings. The van der Waals surface area contributed by atoms with Crippen molar-refractivity contribution in [3.8, 4) is 0 Å². The van der Waals surface area contributed by atoms with E-state index in [1.807, 2.05) is 38.1 Å². The molecule has 1 heterocycles. The van der Waals surface area contributed by atoms with Crippen LogP contribution in [0.25, 0.3) is 0 Å². The normalized spacial score (nSPS) is 13.6. The Kier molecular flexibility index (Phi) is 9.54. The van der Waals surface area contributed by atoms with Crippen LogP contribution in [-0.4, -0.2) is 50.6 Å². The molecule has 0 spiro atoms. The van der Waals surface area contributed by atoms with E-state index >= 15 is 0 Å². The van der Waals surface area contributed by atoms with Gasteiger partial charge in [-0.3, -0.25) is 4.79 Å². The summed E-state index contributed by atoms with van der Waals surface area (Å²) in [5.41, 5.74) is 1.07. The van der Waals surface area contributed by atoms with Crippen molar-refractivity contribution in [2.24, 2.45) is 10.9 Å². The van der Waals surface area contributed by atoms with Crippen LogP contribution >= 0.6 is 24.0 Å². The minimum atomic E-state index is 0. The third-order valence-corrected chi connectivity index (χ3v) is 3.71. The van der Waals surface area contributed by atoms with Crippen LogP contribution in [0.4, 0.5) is 5.82 Å². The molecule has 1 aliphatic carbocycles. The molecule has 1 fully saturated rings. The number of pyridine rings is 1. The average molecular weight is 460 g/mol. The Balaban J connectivity index is 0.00000312. The van der Waals surface area contributed by atoms with Gasteiger partial charge in [-0.25, -0.2) is 9.98 Å². The predicted octanol–water partition coefficient (Wildman–Crippen LogP) is 1.35. The zero-order chi connectivity index (χ0) is 17.4. The highest BCUT2D eigenvalue weighted by Crippen LogP contribution is 2.28. The maximum Gasteiger partial charge on any atom is 0.223 e. The van der Waals surface area contributed by atoms with Gasteiger partial charge in [-0.1, -0.05) is 6.07 Å². The number of aliphatic imine (C=N–C) groups is 1.